The number of thioether (sulfide) groups is 1. The molecule has 0 aliphatic carbocycles. The zero-order valence-corrected chi connectivity index (χ0v) is 21.6. The van der Waals surface area contributed by atoms with E-state index in [4.69, 9.17) is 19.2 Å². The fourth-order valence-electron chi connectivity index (χ4n) is 4.26. The van der Waals surface area contributed by atoms with Crippen molar-refractivity contribution in [2.45, 2.75) is 26.3 Å². The highest BCUT2D eigenvalue weighted by Gasteiger charge is 2.43. The first kappa shape index (κ1) is 25.4. The summed E-state index contributed by atoms with van der Waals surface area (Å²) in [6.45, 7) is 4.38. The number of hydrogen-bond donors (Lipinski definition) is 1. The molecule has 2 aromatic carbocycles. The largest absolute Gasteiger partial charge is 0.497 e. The normalized spacial score (nSPS) is 16.7. The van der Waals surface area contributed by atoms with E-state index < -0.39 is 12.0 Å². The first-order valence-corrected chi connectivity index (χ1v) is 12.6. The standard InChI is InChI=1S/C27H29N3O5S/c1-5-28-22(31)14-18-16-36-27-29-24(17-10-8-7-9-11-17)23(26(32)35-6-2)25(30(18)27)20-15-19(33-3)12-13-21(20)34-4/h7-13,15-16,25H,5-6,14H2,1-4H3,(H,28,31)/t25-/m0/s1. The number of carbonyl (C=O) groups is 2. The number of nitrogens with one attached hydrogen (secondary N) is 1. The summed E-state index contributed by atoms with van der Waals surface area (Å²) in [6, 6.07) is 14.3. The second-order valence-electron chi connectivity index (χ2n) is 7.98. The Bertz CT molecular complexity index is 1240. The molecule has 0 saturated carbocycles. The second kappa shape index (κ2) is 11.3. The lowest BCUT2D eigenvalue weighted by atomic mass is 9.90. The highest BCUT2D eigenvalue weighted by atomic mass is 32.2. The Balaban J connectivity index is 1.97. The number of benzene rings is 2. The third-order valence-corrected chi connectivity index (χ3v) is 6.69. The summed E-state index contributed by atoms with van der Waals surface area (Å²) in [5.41, 5.74) is 3.11. The minimum absolute atomic E-state index is 0.113. The number of hydrogen-bond acceptors (Lipinski definition) is 8. The zero-order chi connectivity index (χ0) is 25.7. The minimum Gasteiger partial charge on any atom is -0.497 e. The first-order chi connectivity index (χ1) is 17.5. The Hall–Kier alpha value is -3.72. The number of methoxy groups -OCH3 is 2. The van der Waals surface area contributed by atoms with Crippen molar-refractivity contribution in [2.24, 2.45) is 4.99 Å². The van der Waals surface area contributed by atoms with Crippen LogP contribution in [0.3, 0.4) is 0 Å². The van der Waals surface area contributed by atoms with Crippen LogP contribution in [0.1, 0.15) is 37.4 Å². The van der Waals surface area contributed by atoms with Crippen molar-refractivity contribution < 1.29 is 23.8 Å². The Labute approximate surface area is 215 Å². The number of fused-ring (bicyclic) bond motifs is 1. The molecule has 0 aromatic heterocycles. The fraction of sp³-hybridized carbons (Fsp3) is 0.296. The molecular formula is C27H29N3O5S. The van der Waals surface area contributed by atoms with E-state index in [1.807, 2.05) is 53.6 Å². The molecule has 4 rings (SSSR count). The number of ether oxygens (including phenoxy) is 3. The van der Waals surface area contributed by atoms with Gasteiger partial charge >= 0.3 is 5.97 Å². The second-order valence-corrected chi connectivity index (χ2v) is 8.82. The van der Waals surface area contributed by atoms with Gasteiger partial charge in [-0.25, -0.2) is 9.79 Å². The van der Waals surface area contributed by atoms with Crippen LogP contribution in [0.15, 0.2) is 70.2 Å². The number of nitrogens with zero attached hydrogens (tertiary/aromatic N) is 2. The van der Waals surface area contributed by atoms with Crippen molar-refractivity contribution in [3.05, 3.63) is 76.3 Å². The van der Waals surface area contributed by atoms with Gasteiger partial charge in [0.2, 0.25) is 5.91 Å². The number of aliphatic imine (C=N–C) groups is 1. The molecule has 0 bridgehead atoms. The predicted octanol–water partition coefficient (Wildman–Crippen LogP) is 4.51. The maximum atomic E-state index is 13.6. The van der Waals surface area contributed by atoms with E-state index in [0.717, 1.165) is 11.3 Å². The summed E-state index contributed by atoms with van der Waals surface area (Å²) in [7, 11) is 3.17. The van der Waals surface area contributed by atoms with Gasteiger partial charge in [-0.15, -0.1) is 0 Å². The molecule has 0 spiro atoms. The van der Waals surface area contributed by atoms with Gasteiger partial charge in [-0.2, -0.15) is 0 Å². The number of amides is 1. The van der Waals surface area contributed by atoms with E-state index >= 15 is 0 Å². The molecule has 0 unspecified atom stereocenters. The summed E-state index contributed by atoms with van der Waals surface area (Å²) in [5, 5.41) is 5.42. The summed E-state index contributed by atoms with van der Waals surface area (Å²) in [6.07, 6.45) is 0.138. The minimum atomic E-state index is -0.660. The van der Waals surface area contributed by atoms with Crippen molar-refractivity contribution in [3.8, 4) is 11.5 Å². The van der Waals surface area contributed by atoms with Crippen LogP contribution in [0.2, 0.25) is 0 Å². The van der Waals surface area contributed by atoms with Crippen LogP contribution in [0.5, 0.6) is 11.5 Å². The number of amidine groups is 1. The van der Waals surface area contributed by atoms with Gasteiger partial charge in [0.05, 0.1) is 44.6 Å². The lowest BCUT2D eigenvalue weighted by molar-refractivity contribution is -0.139. The monoisotopic (exact) mass is 507 g/mol. The Morgan fingerprint density at radius 1 is 1.08 bits per heavy atom. The molecule has 188 valence electrons. The van der Waals surface area contributed by atoms with E-state index in [1.165, 1.54) is 11.8 Å². The van der Waals surface area contributed by atoms with Gasteiger partial charge in [0.15, 0.2) is 5.17 Å². The number of carbonyl (C=O) groups excluding carboxylic acids is 2. The average molecular weight is 508 g/mol. The number of esters is 1. The topological polar surface area (TPSA) is 89.5 Å². The Morgan fingerprint density at radius 2 is 1.86 bits per heavy atom. The summed E-state index contributed by atoms with van der Waals surface area (Å²) < 4.78 is 16.8. The Morgan fingerprint density at radius 3 is 2.53 bits per heavy atom. The van der Waals surface area contributed by atoms with E-state index in [1.54, 1.807) is 33.3 Å². The van der Waals surface area contributed by atoms with E-state index in [2.05, 4.69) is 5.32 Å². The molecule has 2 aliphatic rings. The maximum absolute atomic E-state index is 13.6. The van der Waals surface area contributed by atoms with Crippen molar-refractivity contribution in [3.63, 3.8) is 0 Å². The molecule has 36 heavy (non-hydrogen) atoms. The quantitative estimate of drug-likeness (QED) is 0.500. The van der Waals surface area contributed by atoms with Crippen LogP contribution in [-0.4, -0.2) is 49.3 Å². The predicted molar refractivity (Wildman–Crippen MR) is 141 cm³/mol. The summed E-state index contributed by atoms with van der Waals surface area (Å²) >= 11 is 1.42. The van der Waals surface area contributed by atoms with Gasteiger partial charge in [0.25, 0.3) is 0 Å². The van der Waals surface area contributed by atoms with Gasteiger partial charge in [-0.05, 0) is 37.5 Å². The van der Waals surface area contributed by atoms with Crippen molar-refractivity contribution in [1.29, 1.82) is 0 Å². The van der Waals surface area contributed by atoms with Crippen molar-refractivity contribution >= 4 is 34.5 Å². The first-order valence-electron chi connectivity index (χ1n) is 11.7. The molecule has 2 heterocycles. The SMILES string of the molecule is CCNC(=O)CC1=CSC2=NC(c3ccccc3)=C(C(=O)OCC)[C@H](c3cc(OC)ccc3OC)N12. The molecule has 9 heteroatoms. The molecule has 1 atom stereocenters. The number of rotatable bonds is 9. The lowest BCUT2D eigenvalue weighted by Gasteiger charge is -2.37. The van der Waals surface area contributed by atoms with Crippen LogP contribution in [0, 0.1) is 0 Å². The molecule has 1 amide bonds. The molecule has 2 aromatic rings. The average Bonchev–Trinajstić information content (AvgIpc) is 3.30. The van der Waals surface area contributed by atoms with Gasteiger partial charge in [-0.1, -0.05) is 42.1 Å². The molecule has 0 saturated heterocycles. The third-order valence-electron chi connectivity index (χ3n) is 5.80. The third kappa shape index (κ3) is 4.97. The lowest BCUT2D eigenvalue weighted by Crippen LogP contribution is -2.38. The van der Waals surface area contributed by atoms with Crippen LogP contribution in [0.25, 0.3) is 5.70 Å². The van der Waals surface area contributed by atoms with Crippen molar-refractivity contribution in [2.75, 3.05) is 27.4 Å². The molecule has 8 nitrogen and oxygen atoms in total. The van der Waals surface area contributed by atoms with E-state index in [0.29, 0.717) is 40.0 Å². The summed E-state index contributed by atoms with van der Waals surface area (Å²) in [4.78, 5) is 33.0. The van der Waals surface area contributed by atoms with Crippen LogP contribution < -0.4 is 14.8 Å². The Kier molecular flexibility index (Phi) is 8.00. The zero-order valence-electron chi connectivity index (χ0n) is 20.7. The van der Waals surface area contributed by atoms with E-state index in [-0.39, 0.29) is 18.9 Å². The van der Waals surface area contributed by atoms with Crippen LogP contribution >= 0.6 is 11.8 Å². The summed E-state index contributed by atoms with van der Waals surface area (Å²) in [5.74, 6) is 0.590. The maximum Gasteiger partial charge on any atom is 0.338 e. The van der Waals surface area contributed by atoms with Gasteiger partial charge in [0, 0.05) is 23.4 Å². The van der Waals surface area contributed by atoms with Gasteiger partial charge in [-0.3, -0.25) is 4.79 Å². The van der Waals surface area contributed by atoms with E-state index in [9.17, 15) is 9.59 Å². The highest BCUT2D eigenvalue weighted by molar-refractivity contribution is 8.16. The van der Waals surface area contributed by atoms with Crippen molar-refractivity contribution in [1.82, 2.24) is 10.2 Å². The highest BCUT2D eigenvalue weighted by Crippen LogP contribution is 2.49. The molecule has 0 radical (unpaired) electrons. The molecule has 1 N–H and O–H groups in total. The fourth-order valence-corrected chi connectivity index (χ4v) is 5.18. The molecule has 0 fully saturated rings. The van der Waals surface area contributed by atoms with Gasteiger partial charge in [0.1, 0.15) is 11.5 Å². The van der Waals surface area contributed by atoms with Crippen LogP contribution in [-0.2, 0) is 14.3 Å². The van der Waals surface area contributed by atoms with Gasteiger partial charge < -0.3 is 24.4 Å². The molecular weight excluding hydrogens is 478 g/mol. The van der Waals surface area contributed by atoms with Crippen LogP contribution in [0.4, 0.5) is 0 Å². The molecule has 2 aliphatic heterocycles. The smallest absolute Gasteiger partial charge is 0.338 e.